The van der Waals surface area contributed by atoms with Gasteiger partial charge in [0.1, 0.15) is 5.66 Å². The lowest BCUT2D eigenvalue weighted by Gasteiger charge is -2.46. The van der Waals surface area contributed by atoms with E-state index in [2.05, 4.69) is 25.9 Å². The van der Waals surface area contributed by atoms with E-state index in [-0.39, 0.29) is 11.9 Å². The lowest BCUT2D eigenvalue weighted by atomic mass is 9.86. The maximum atomic E-state index is 12.4. The number of aliphatic imine (C=N–C) groups is 2. The number of hydrogen-bond donors (Lipinski definition) is 2. The van der Waals surface area contributed by atoms with Crippen LogP contribution in [0.4, 0.5) is 5.69 Å². The zero-order valence-electron chi connectivity index (χ0n) is 14.4. The van der Waals surface area contributed by atoms with Gasteiger partial charge >= 0.3 is 5.97 Å². The van der Waals surface area contributed by atoms with Gasteiger partial charge in [-0.05, 0) is 50.3 Å². The number of rotatable bonds is 2. The molecular formula is C17H22BrN5O2. The smallest absolute Gasteiger partial charge is 0.340 e. The Balaban J connectivity index is 2.20. The minimum Gasteiger partial charge on any atom is -0.465 e. The van der Waals surface area contributed by atoms with Crippen LogP contribution in [-0.4, -0.2) is 30.7 Å². The van der Waals surface area contributed by atoms with E-state index in [1.165, 1.54) is 7.11 Å². The van der Waals surface area contributed by atoms with Gasteiger partial charge < -0.3 is 16.2 Å². The maximum Gasteiger partial charge on any atom is 0.340 e. The van der Waals surface area contributed by atoms with Gasteiger partial charge in [0.2, 0.25) is 11.9 Å². The SMILES string of the molecule is COC(=O)c1cc(Br)c(C)cc1N1C(N)=NC(N)=NC12CCCCC2. The Bertz CT molecular complexity index is 769. The lowest BCUT2D eigenvalue weighted by Crippen LogP contribution is -2.58. The van der Waals surface area contributed by atoms with Crippen molar-refractivity contribution in [1.82, 2.24) is 0 Å². The molecule has 0 aromatic heterocycles. The molecule has 0 amide bonds. The Hall–Kier alpha value is -2.09. The fraction of sp³-hybridized carbons (Fsp3) is 0.471. The summed E-state index contributed by atoms with van der Waals surface area (Å²) >= 11 is 3.48. The van der Waals surface area contributed by atoms with Gasteiger partial charge in [-0.15, -0.1) is 0 Å². The molecule has 134 valence electrons. The van der Waals surface area contributed by atoms with Crippen molar-refractivity contribution in [3.8, 4) is 0 Å². The van der Waals surface area contributed by atoms with Gasteiger partial charge in [0.25, 0.3) is 0 Å². The number of methoxy groups -OCH3 is 1. The largest absolute Gasteiger partial charge is 0.465 e. The van der Waals surface area contributed by atoms with E-state index in [1.54, 1.807) is 6.07 Å². The van der Waals surface area contributed by atoms with E-state index < -0.39 is 11.6 Å². The van der Waals surface area contributed by atoms with Crippen LogP contribution in [0.25, 0.3) is 0 Å². The number of ether oxygens (including phenoxy) is 1. The van der Waals surface area contributed by atoms with Crippen molar-refractivity contribution in [1.29, 1.82) is 0 Å². The lowest BCUT2D eigenvalue weighted by molar-refractivity contribution is 0.0601. The van der Waals surface area contributed by atoms with Crippen LogP contribution in [0.5, 0.6) is 0 Å². The van der Waals surface area contributed by atoms with E-state index in [4.69, 9.17) is 16.2 Å². The van der Waals surface area contributed by atoms with Crippen molar-refractivity contribution in [2.24, 2.45) is 21.5 Å². The number of nitrogens with zero attached hydrogens (tertiary/aromatic N) is 3. The second-order valence-corrected chi connectivity index (χ2v) is 7.28. The molecule has 7 nitrogen and oxygen atoms in total. The fourth-order valence-corrected chi connectivity index (χ4v) is 3.94. The summed E-state index contributed by atoms with van der Waals surface area (Å²) in [6.45, 7) is 1.96. The number of anilines is 1. The Kier molecular flexibility index (Phi) is 4.73. The van der Waals surface area contributed by atoms with Crippen LogP contribution >= 0.6 is 15.9 Å². The number of aryl methyl sites for hydroxylation is 1. The molecular weight excluding hydrogens is 386 g/mol. The summed E-state index contributed by atoms with van der Waals surface area (Å²) in [6, 6.07) is 3.66. The number of hydrogen-bond acceptors (Lipinski definition) is 7. The summed E-state index contributed by atoms with van der Waals surface area (Å²) in [5.41, 5.74) is 13.6. The first-order valence-electron chi connectivity index (χ1n) is 8.26. The topological polar surface area (TPSA) is 106 Å². The Morgan fingerprint density at radius 2 is 1.96 bits per heavy atom. The highest BCUT2D eigenvalue weighted by molar-refractivity contribution is 9.10. The summed E-state index contributed by atoms with van der Waals surface area (Å²) in [5.74, 6) is 0.00219. The molecule has 1 fully saturated rings. The molecule has 8 heteroatoms. The Labute approximate surface area is 155 Å². The zero-order valence-corrected chi connectivity index (χ0v) is 16.0. The monoisotopic (exact) mass is 407 g/mol. The maximum absolute atomic E-state index is 12.4. The number of halogens is 1. The molecule has 0 atom stereocenters. The van der Waals surface area contributed by atoms with Crippen LogP contribution in [0.15, 0.2) is 26.6 Å². The third-order valence-electron chi connectivity index (χ3n) is 4.77. The zero-order chi connectivity index (χ0) is 18.2. The van der Waals surface area contributed by atoms with Gasteiger partial charge in [-0.1, -0.05) is 22.4 Å². The molecule has 0 unspecified atom stereocenters. The van der Waals surface area contributed by atoms with E-state index in [0.29, 0.717) is 11.3 Å². The molecule has 3 rings (SSSR count). The standard InChI is InChI=1S/C17H22BrN5O2/c1-10-8-13(11(9-12(10)18)14(24)25-2)23-16(20)21-15(19)22-17(23)6-4-3-5-7-17/h8-9H,3-7H2,1-2H3,(H4,19,20,21,22). The number of nitrogens with two attached hydrogens (primary N) is 2. The third kappa shape index (κ3) is 3.10. The summed E-state index contributed by atoms with van der Waals surface area (Å²) in [5, 5.41) is 0. The highest BCUT2D eigenvalue weighted by atomic mass is 79.9. The normalized spacial score (nSPS) is 19.4. The highest BCUT2D eigenvalue weighted by Crippen LogP contribution is 2.41. The van der Waals surface area contributed by atoms with Crippen LogP contribution < -0.4 is 16.4 Å². The van der Waals surface area contributed by atoms with Crippen LogP contribution in [-0.2, 0) is 4.74 Å². The predicted octanol–water partition coefficient (Wildman–Crippen LogP) is 2.65. The molecule has 1 aliphatic carbocycles. The van der Waals surface area contributed by atoms with Crippen LogP contribution in [0.3, 0.4) is 0 Å². The Morgan fingerprint density at radius 1 is 1.28 bits per heavy atom. The number of carbonyl (C=O) groups is 1. The second kappa shape index (κ2) is 6.67. The molecule has 1 aliphatic heterocycles. The van der Waals surface area contributed by atoms with Gasteiger partial charge in [-0.3, -0.25) is 4.90 Å². The molecule has 4 N–H and O–H groups in total. The van der Waals surface area contributed by atoms with Crippen LogP contribution in [0.1, 0.15) is 48.0 Å². The first-order valence-corrected chi connectivity index (χ1v) is 9.05. The molecule has 25 heavy (non-hydrogen) atoms. The molecule has 1 saturated carbocycles. The molecule has 1 aromatic carbocycles. The van der Waals surface area contributed by atoms with Crippen molar-refractivity contribution in [3.63, 3.8) is 0 Å². The van der Waals surface area contributed by atoms with Gasteiger partial charge in [0.15, 0.2) is 0 Å². The molecule has 2 aliphatic rings. The van der Waals surface area contributed by atoms with E-state index >= 15 is 0 Å². The number of esters is 1. The molecule has 1 heterocycles. The first-order chi connectivity index (χ1) is 11.9. The quantitative estimate of drug-likeness (QED) is 0.732. The molecule has 1 aromatic rings. The minimum atomic E-state index is -0.600. The van der Waals surface area contributed by atoms with Crippen molar-refractivity contribution < 1.29 is 9.53 Å². The fourth-order valence-electron chi connectivity index (χ4n) is 3.59. The summed E-state index contributed by atoms with van der Waals surface area (Å²) in [7, 11) is 1.36. The second-order valence-electron chi connectivity index (χ2n) is 6.43. The van der Waals surface area contributed by atoms with Gasteiger partial charge in [-0.25, -0.2) is 9.79 Å². The van der Waals surface area contributed by atoms with Crippen molar-refractivity contribution >= 4 is 39.5 Å². The summed E-state index contributed by atoms with van der Waals surface area (Å²) < 4.78 is 5.79. The predicted molar refractivity (Wildman–Crippen MR) is 102 cm³/mol. The van der Waals surface area contributed by atoms with E-state index in [0.717, 1.165) is 42.1 Å². The Morgan fingerprint density at radius 3 is 2.60 bits per heavy atom. The molecule has 1 spiro atoms. The summed E-state index contributed by atoms with van der Waals surface area (Å²) in [4.78, 5) is 23.0. The van der Waals surface area contributed by atoms with E-state index in [1.807, 2.05) is 17.9 Å². The molecule has 0 radical (unpaired) electrons. The van der Waals surface area contributed by atoms with Gasteiger partial charge in [0.05, 0.1) is 18.4 Å². The van der Waals surface area contributed by atoms with Gasteiger partial charge in [-0.2, -0.15) is 4.99 Å². The van der Waals surface area contributed by atoms with Crippen LogP contribution in [0.2, 0.25) is 0 Å². The van der Waals surface area contributed by atoms with Crippen LogP contribution in [0, 0.1) is 6.92 Å². The number of guanidine groups is 2. The third-order valence-corrected chi connectivity index (χ3v) is 5.63. The minimum absolute atomic E-state index is 0.184. The number of carbonyl (C=O) groups excluding carboxylic acids is 1. The average Bonchev–Trinajstić information content (AvgIpc) is 2.57. The molecule has 0 saturated heterocycles. The first kappa shape index (κ1) is 17.7. The van der Waals surface area contributed by atoms with Gasteiger partial charge in [0, 0.05) is 4.47 Å². The highest BCUT2D eigenvalue weighted by Gasteiger charge is 2.44. The number of benzene rings is 1. The van der Waals surface area contributed by atoms with E-state index in [9.17, 15) is 4.79 Å². The van der Waals surface area contributed by atoms with Crippen molar-refractivity contribution in [2.45, 2.75) is 44.7 Å². The average molecular weight is 408 g/mol. The summed E-state index contributed by atoms with van der Waals surface area (Å²) in [6.07, 6.45) is 4.79. The van der Waals surface area contributed by atoms with Crippen molar-refractivity contribution in [3.05, 3.63) is 27.7 Å². The molecule has 0 bridgehead atoms. The van der Waals surface area contributed by atoms with Crippen molar-refractivity contribution in [2.75, 3.05) is 12.0 Å².